The summed E-state index contributed by atoms with van der Waals surface area (Å²) < 4.78 is 24.7. The Hall–Kier alpha value is -3.38. The quantitative estimate of drug-likeness (QED) is 0.117. The van der Waals surface area contributed by atoms with Crippen LogP contribution < -0.4 is 18.9 Å². The number of hydrogen-bond acceptors (Lipinski definition) is 8. The lowest BCUT2D eigenvalue weighted by Gasteiger charge is -2.14. The van der Waals surface area contributed by atoms with Crippen molar-refractivity contribution in [2.75, 3.05) is 21.3 Å². The second-order valence-electron chi connectivity index (χ2n) is 8.62. The molecule has 0 aliphatic rings. The highest BCUT2D eigenvalue weighted by atomic mass is 79.9. The predicted molar refractivity (Wildman–Crippen MR) is 167 cm³/mol. The predicted octanol–water partition coefficient (Wildman–Crippen LogP) is 7.86. The second-order valence-corrected chi connectivity index (χ2v) is 11.3. The molecule has 0 fully saturated rings. The van der Waals surface area contributed by atoms with Crippen LogP contribution in [-0.2, 0) is 17.9 Å². The molecule has 0 aliphatic heterocycles. The zero-order valence-electron chi connectivity index (χ0n) is 23.0. The molecule has 42 heavy (non-hydrogen) atoms. The minimum absolute atomic E-state index is 0.0243. The fourth-order valence-electron chi connectivity index (χ4n) is 3.90. The number of ether oxygens (including phenoxy) is 4. The van der Waals surface area contributed by atoms with E-state index in [0.29, 0.717) is 60.6 Å². The zero-order valence-corrected chi connectivity index (χ0v) is 26.9. The summed E-state index contributed by atoms with van der Waals surface area (Å²) in [6.07, 6.45) is 1.53. The van der Waals surface area contributed by atoms with E-state index in [0.717, 1.165) is 22.9 Å². The van der Waals surface area contributed by atoms with E-state index in [9.17, 15) is 9.90 Å². The highest BCUT2D eigenvalue weighted by Crippen LogP contribution is 2.38. The average Bonchev–Trinajstić information content (AvgIpc) is 3.39. The number of carboxylic acid groups (broad SMARTS) is 1. The number of rotatable bonds is 12. The topological polar surface area (TPSA) is 105 Å². The molecule has 13 heteroatoms. The molecule has 3 aromatic carbocycles. The van der Waals surface area contributed by atoms with Crippen molar-refractivity contribution in [1.29, 1.82) is 0 Å². The summed E-state index contributed by atoms with van der Waals surface area (Å²) in [7, 11) is 4.63. The SMILES string of the molecule is CCn1c(S/C(=C\c2cc(OC)c(OCc3ccc(Cl)cc3Cl)cc2Br)C(=O)O)nnc1-c1cc(OC)cc(OC)c1. The Morgan fingerprint density at radius 1 is 1.00 bits per heavy atom. The third-order valence-electron chi connectivity index (χ3n) is 6.02. The Balaban J connectivity index is 1.64. The van der Waals surface area contributed by atoms with E-state index in [2.05, 4.69) is 26.1 Å². The number of carbonyl (C=O) groups is 1. The molecule has 0 bridgehead atoms. The number of aromatic nitrogens is 3. The molecule has 0 atom stereocenters. The van der Waals surface area contributed by atoms with Gasteiger partial charge in [-0.25, -0.2) is 4.79 Å². The Bertz CT molecular complexity index is 1620. The van der Waals surface area contributed by atoms with Gasteiger partial charge in [0.2, 0.25) is 0 Å². The van der Waals surface area contributed by atoms with Crippen LogP contribution in [0.3, 0.4) is 0 Å². The van der Waals surface area contributed by atoms with Gasteiger partial charge in [0.05, 0.1) is 21.3 Å². The summed E-state index contributed by atoms with van der Waals surface area (Å²) in [6, 6.07) is 13.9. The molecule has 4 aromatic rings. The number of methoxy groups -OCH3 is 3. The van der Waals surface area contributed by atoms with Gasteiger partial charge in [-0.3, -0.25) is 0 Å². The number of benzene rings is 3. The van der Waals surface area contributed by atoms with E-state index in [1.54, 1.807) is 50.6 Å². The summed E-state index contributed by atoms with van der Waals surface area (Å²) in [6.45, 7) is 2.60. The maximum absolute atomic E-state index is 12.3. The van der Waals surface area contributed by atoms with Crippen molar-refractivity contribution in [1.82, 2.24) is 14.8 Å². The molecule has 0 saturated heterocycles. The Kier molecular flexibility index (Phi) is 10.7. The molecular formula is C29H26BrCl2N3O6S. The van der Waals surface area contributed by atoms with Crippen LogP contribution in [0.1, 0.15) is 18.1 Å². The van der Waals surface area contributed by atoms with Gasteiger partial charge in [-0.15, -0.1) is 10.2 Å². The molecule has 220 valence electrons. The highest BCUT2D eigenvalue weighted by molar-refractivity contribution is 9.10. The third-order valence-corrected chi connectivity index (χ3v) is 8.29. The number of hydrogen-bond donors (Lipinski definition) is 1. The van der Waals surface area contributed by atoms with E-state index < -0.39 is 5.97 Å². The van der Waals surface area contributed by atoms with E-state index >= 15 is 0 Å². The summed E-state index contributed by atoms with van der Waals surface area (Å²) in [5.41, 5.74) is 2.03. The van der Waals surface area contributed by atoms with Crippen LogP contribution in [0.25, 0.3) is 17.5 Å². The Labute approximate surface area is 265 Å². The molecule has 1 N–H and O–H groups in total. The largest absolute Gasteiger partial charge is 0.497 e. The summed E-state index contributed by atoms with van der Waals surface area (Å²) in [5.74, 6) is 1.47. The van der Waals surface area contributed by atoms with Gasteiger partial charge in [0.25, 0.3) is 0 Å². The Morgan fingerprint density at radius 2 is 1.71 bits per heavy atom. The van der Waals surface area contributed by atoms with E-state index in [4.69, 9.17) is 42.1 Å². The molecule has 0 aliphatic carbocycles. The van der Waals surface area contributed by atoms with Gasteiger partial charge >= 0.3 is 5.97 Å². The maximum atomic E-state index is 12.3. The molecule has 9 nitrogen and oxygen atoms in total. The van der Waals surface area contributed by atoms with Crippen LogP contribution >= 0.6 is 50.9 Å². The first-order valence-corrected chi connectivity index (χ1v) is 14.8. The van der Waals surface area contributed by atoms with Crippen LogP contribution in [0.4, 0.5) is 0 Å². The number of carboxylic acids is 1. The smallest absolute Gasteiger partial charge is 0.342 e. The molecule has 0 amide bonds. The van der Waals surface area contributed by atoms with Crippen molar-refractivity contribution in [3.63, 3.8) is 0 Å². The first-order valence-electron chi connectivity index (χ1n) is 12.4. The Morgan fingerprint density at radius 3 is 2.31 bits per heavy atom. The summed E-state index contributed by atoms with van der Waals surface area (Å²) in [5, 5.41) is 20.1. The van der Waals surface area contributed by atoms with Crippen molar-refractivity contribution < 1.29 is 28.8 Å². The van der Waals surface area contributed by atoms with Gasteiger partial charge in [0.15, 0.2) is 22.5 Å². The van der Waals surface area contributed by atoms with Gasteiger partial charge in [-0.05, 0) is 66.7 Å². The number of halogens is 3. The number of aliphatic carboxylic acids is 1. The van der Waals surface area contributed by atoms with Crippen molar-refractivity contribution in [2.24, 2.45) is 0 Å². The van der Waals surface area contributed by atoms with Crippen LogP contribution in [0.5, 0.6) is 23.0 Å². The summed E-state index contributed by atoms with van der Waals surface area (Å²) in [4.78, 5) is 12.4. The molecule has 0 unspecified atom stereocenters. The van der Waals surface area contributed by atoms with Crippen LogP contribution in [0.15, 0.2) is 63.1 Å². The normalized spacial score (nSPS) is 11.4. The fourth-order valence-corrected chi connectivity index (χ4v) is 5.68. The molecule has 1 heterocycles. The van der Waals surface area contributed by atoms with E-state index in [1.807, 2.05) is 23.6 Å². The van der Waals surface area contributed by atoms with Gasteiger partial charge in [-0.1, -0.05) is 45.2 Å². The molecule has 0 saturated carbocycles. The first-order chi connectivity index (χ1) is 20.2. The molecule has 0 radical (unpaired) electrons. The zero-order chi connectivity index (χ0) is 30.4. The second kappa shape index (κ2) is 14.2. The van der Waals surface area contributed by atoms with Crippen molar-refractivity contribution >= 4 is 62.9 Å². The molecule has 4 rings (SSSR count). The first kappa shape index (κ1) is 31.6. The maximum Gasteiger partial charge on any atom is 0.342 e. The van der Waals surface area contributed by atoms with Crippen molar-refractivity contribution in [2.45, 2.75) is 25.2 Å². The third kappa shape index (κ3) is 7.33. The van der Waals surface area contributed by atoms with Gasteiger partial charge < -0.3 is 28.6 Å². The van der Waals surface area contributed by atoms with Crippen LogP contribution in [0, 0.1) is 0 Å². The fraction of sp³-hybridized carbons (Fsp3) is 0.207. The van der Waals surface area contributed by atoms with Gasteiger partial charge in [0.1, 0.15) is 23.0 Å². The van der Waals surface area contributed by atoms with Gasteiger partial charge in [0, 0.05) is 38.3 Å². The monoisotopic (exact) mass is 693 g/mol. The van der Waals surface area contributed by atoms with Crippen molar-refractivity contribution in [3.05, 3.63) is 79.1 Å². The number of nitrogens with zero attached hydrogens (tertiary/aromatic N) is 3. The highest BCUT2D eigenvalue weighted by Gasteiger charge is 2.20. The average molecular weight is 695 g/mol. The van der Waals surface area contributed by atoms with E-state index in [1.165, 1.54) is 13.2 Å². The lowest BCUT2D eigenvalue weighted by atomic mass is 10.2. The molecule has 1 aromatic heterocycles. The number of thioether (sulfide) groups is 1. The summed E-state index contributed by atoms with van der Waals surface area (Å²) >= 11 is 16.8. The van der Waals surface area contributed by atoms with E-state index in [-0.39, 0.29) is 11.5 Å². The minimum atomic E-state index is -1.13. The van der Waals surface area contributed by atoms with Crippen molar-refractivity contribution in [3.8, 4) is 34.4 Å². The standard InChI is InChI=1S/C29H26BrCl2N3O6S/c1-5-35-27(18-8-20(38-2)13-21(9-18)39-3)33-34-29(35)42-26(28(36)37)11-17-10-24(40-4)25(14-22(17)30)41-15-16-6-7-19(31)12-23(16)32/h6-14H,5,15H2,1-4H3,(H,36,37)/b26-11-. The van der Waals surface area contributed by atoms with Crippen LogP contribution in [-0.4, -0.2) is 47.2 Å². The lowest BCUT2D eigenvalue weighted by Crippen LogP contribution is -2.03. The molecular weight excluding hydrogens is 669 g/mol. The van der Waals surface area contributed by atoms with Crippen LogP contribution in [0.2, 0.25) is 10.0 Å². The lowest BCUT2D eigenvalue weighted by molar-refractivity contribution is -0.131. The molecule has 0 spiro atoms. The minimum Gasteiger partial charge on any atom is -0.497 e. The van der Waals surface area contributed by atoms with Gasteiger partial charge in [-0.2, -0.15) is 0 Å².